The van der Waals surface area contributed by atoms with E-state index in [9.17, 15) is 4.79 Å². The van der Waals surface area contributed by atoms with E-state index in [0.717, 1.165) is 5.69 Å². The number of benzene rings is 1. The molecule has 0 radical (unpaired) electrons. The number of amides is 1. The van der Waals surface area contributed by atoms with Gasteiger partial charge in [-0.15, -0.1) is 0 Å². The highest BCUT2D eigenvalue weighted by molar-refractivity contribution is 5.84. The standard InChI is InChI=1S/C11H11N3O2/c1-16-11(15)13-9-4-2-5-10(8-9)14-7-3-6-12-14/h2-8H,1H3,(H,13,15). The van der Waals surface area contributed by atoms with Crippen LogP contribution >= 0.6 is 0 Å². The second kappa shape index (κ2) is 4.48. The Balaban J connectivity index is 2.23. The zero-order valence-electron chi connectivity index (χ0n) is 8.75. The number of ether oxygens (including phenoxy) is 1. The molecule has 0 fully saturated rings. The van der Waals surface area contributed by atoms with Crippen molar-refractivity contribution in [3.05, 3.63) is 42.7 Å². The van der Waals surface area contributed by atoms with Gasteiger partial charge in [-0.2, -0.15) is 5.10 Å². The van der Waals surface area contributed by atoms with E-state index >= 15 is 0 Å². The molecule has 1 aromatic heterocycles. The van der Waals surface area contributed by atoms with Crippen LogP contribution < -0.4 is 5.32 Å². The fourth-order valence-corrected chi connectivity index (χ4v) is 1.32. The molecule has 16 heavy (non-hydrogen) atoms. The third-order valence-electron chi connectivity index (χ3n) is 2.05. The van der Waals surface area contributed by atoms with Gasteiger partial charge in [0.2, 0.25) is 0 Å². The summed E-state index contributed by atoms with van der Waals surface area (Å²) in [6.07, 6.45) is 3.04. The summed E-state index contributed by atoms with van der Waals surface area (Å²) in [7, 11) is 1.33. The third kappa shape index (κ3) is 2.20. The average Bonchev–Trinajstić information content (AvgIpc) is 2.83. The SMILES string of the molecule is COC(=O)Nc1cccc(-n2cccn2)c1. The normalized spacial score (nSPS) is 9.81. The van der Waals surface area contributed by atoms with E-state index in [1.807, 2.05) is 30.5 Å². The Morgan fingerprint density at radius 2 is 2.31 bits per heavy atom. The topological polar surface area (TPSA) is 56.1 Å². The van der Waals surface area contributed by atoms with E-state index in [1.54, 1.807) is 16.9 Å². The van der Waals surface area contributed by atoms with Gasteiger partial charge in [0.25, 0.3) is 0 Å². The number of methoxy groups -OCH3 is 1. The monoisotopic (exact) mass is 217 g/mol. The van der Waals surface area contributed by atoms with E-state index in [0.29, 0.717) is 5.69 Å². The Morgan fingerprint density at radius 3 is 3.00 bits per heavy atom. The van der Waals surface area contributed by atoms with Crippen molar-refractivity contribution in [1.29, 1.82) is 0 Å². The van der Waals surface area contributed by atoms with E-state index in [-0.39, 0.29) is 0 Å². The first-order valence-electron chi connectivity index (χ1n) is 4.74. The Bertz CT molecular complexity index is 480. The van der Waals surface area contributed by atoms with Crippen LogP contribution in [0.4, 0.5) is 10.5 Å². The van der Waals surface area contributed by atoms with Crippen molar-refractivity contribution < 1.29 is 9.53 Å². The number of hydrogen-bond donors (Lipinski definition) is 1. The minimum atomic E-state index is -0.488. The van der Waals surface area contributed by atoms with Crippen molar-refractivity contribution in [1.82, 2.24) is 9.78 Å². The van der Waals surface area contributed by atoms with Crippen LogP contribution in [0.3, 0.4) is 0 Å². The summed E-state index contributed by atoms with van der Waals surface area (Å²) in [5.74, 6) is 0. The number of nitrogens with zero attached hydrogens (tertiary/aromatic N) is 2. The quantitative estimate of drug-likeness (QED) is 0.837. The molecule has 0 aliphatic rings. The van der Waals surface area contributed by atoms with Gasteiger partial charge in [-0.25, -0.2) is 9.48 Å². The predicted octanol–water partition coefficient (Wildman–Crippen LogP) is 2.05. The molecule has 0 aliphatic heterocycles. The summed E-state index contributed by atoms with van der Waals surface area (Å²) >= 11 is 0. The number of carbonyl (C=O) groups is 1. The maximum absolute atomic E-state index is 11.0. The molecule has 1 N–H and O–H groups in total. The zero-order valence-corrected chi connectivity index (χ0v) is 8.75. The van der Waals surface area contributed by atoms with Gasteiger partial charge in [0.1, 0.15) is 0 Å². The number of hydrogen-bond acceptors (Lipinski definition) is 3. The van der Waals surface area contributed by atoms with E-state index in [1.165, 1.54) is 7.11 Å². The molecule has 0 atom stereocenters. The summed E-state index contributed by atoms with van der Waals surface area (Å²) in [5, 5.41) is 6.69. The summed E-state index contributed by atoms with van der Waals surface area (Å²) in [6, 6.07) is 9.16. The Kier molecular flexibility index (Phi) is 2.86. The lowest BCUT2D eigenvalue weighted by Crippen LogP contribution is -2.11. The molecule has 0 aliphatic carbocycles. The molecule has 2 aromatic rings. The molecule has 0 spiro atoms. The number of rotatable bonds is 2. The minimum Gasteiger partial charge on any atom is -0.453 e. The maximum atomic E-state index is 11.0. The lowest BCUT2D eigenvalue weighted by Gasteiger charge is -2.06. The highest BCUT2D eigenvalue weighted by atomic mass is 16.5. The van der Waals surface area contributed by atoms with Crippen LogP contribution in [0, 0.1) is 0 Å². The molecule has 82 valence electrons. The lowest BCUT2D eigenvalue weighted by molar-refractivity contribution is 0.187. The summed E-state index contributed by atoms with van der Waals surface area (Å²) < 4.78 is 6.22. The molecular weight excluding hydrogens is 206 g/mol. The fraction of sp³-hybridized carbons (Fsp3) is 0.0909. The minimum absolute atomic E-state index is 0.488. The van der Waals surface area contributed by atoms with Crippen molar-refractivity contribution in [2.75, 3.05) is 12.4 Å². The van der Waals surface area contributed by atoms with Gasteiger partial charge < -0.3 is 4.74 Å². The van der Waals surface area contributed by atoms with Crippen LogP contribution in [0.15, 0.2) is 42.7 Å². The van der Waals surface area contributed by atoms with Gasteiger partial charge in [0.05, 0.1) is 12.8 Å². The van der Waals surface area contributed by atoms with Gasteiger partial charge in [-0.3, -0.25) is 5.32 Å². The van der Waals surface area contributed by atoms with Crippen LogP contribution in [-0.4, -0.2) is 23.0 Å². The summed E-state index contributed by atoms with van der Waals surface area (Å²) in [5.41, 5.74) is 1.54. The van der Waals surface area contributed by atoms with Crippen molar-refractivity contribution >= 4 is 11.8 Å². The summed E-state index contributed by atoms with van der Waals surface area (Å²) in [6.45, 7) is 0. The van der Waals surface area contributed by atoms with Gasteiger partial charge in [0, 0.05) is 18.1 Å². The Morgan fingerprint density at radius 1 is 1.44 bits per heavy atom. The first-order chi connectivity index (χ1) is 7.79. The molecule has 0 bridgehead atoms. The predicted molar refractivity (Wildman–Crippen MR) is 59.6 cm³/mol. The number of nitrogens with one attached hydrogen (secondary N) is 1. The maximum Gasteiger partial charge on any atom is 0.411 e. The first-order valence-corrected chi connectivity index (χ1v) is 4.74. The van der Waals surface area contributed by atoms with Gasteiger partial charge in [0.15, 0.2) is 0 Å². The highest BCUT2D eigenvalue weighted by Gasteiger charge is 2.02. The van der Waals surface area contributed by atoms with Crippen LogP contribution in [0.1, 0.15) is 0 Å². The van der Waals surface area contributed by atoms with E-state index < -0.39 is 6.09 Å². The molecule has 0 unspecified atom stereocenters. The fourth-order valence-electron chi connectivity index (χ4n) is 1.32. The zero-order chi connectivity index (χ0) is 11.4. The van der Waals surface area contributed by atoms with Crippen molar-refractivity contribution in [3.63, 3.8) is 0 Å². The van der Waals surface area contributed by atoms with Crippen molar-refractivity contribution in [3.8, 4) is 5.69 Å². The molecule has 5 heteroatoms. The number of anilines is 1. The van der Waals surface area contributed by atoms with Crippen molar-refractivity contribution in [2.24, 2.45) is 0 Å². The molecule has 0 saturated heterocycles. The van der Waals surface area contributed by atoms with Gasteiger partial charge in [-0.1, -0.05) is 6.07 Å². The average molecular weight is 217 g/mol. The second-order valence-electron chi connectivity index (χ2n) is 3.12. The van der Waals surface area contributed by atoms with E-state index in [4.69, 9.17) is 0 Å². The number of carbonyl (C=O) groups excluding carboxylic acids is 1. The molecule has 5 nitrogen and oxygen atoms in total. The second-order valence-corrected chi connectivity index (χ2v) is 3.12. The Labute approximate surface area is 92.7 Å². The lowest BCUT2D eigenvalue weighted by atomic mass is 10.3. The van der Waals surface area contributed by atoms with Gasteiger partial charge in [-0.05, 0) is 24.3 Å². The van der Waals surface area contributed by atoms with E-state index in [2.05, 4.69) is 15.2 Å². The third-order valence-corrected chi connectivity index (χ3v) is 2.05. The summed E-state index contributed by atoms with van der Waals surface area (Å²) in [4.78, 5) is 11.0. The van der Waals surface area contributed by atoms with Crippen LogP contribution in [-0.2, 0) is 4.74 Å². The smallest absolute Gasteiger partial charge is 0.411 e. The molecule has 1 aromatic carbocycles. The van der Waals surface area contributed by atoms with Crippen LogP contribution in [0.5, 0.6) is 0 Å². The first kappa shape index (κ1) is 10.2. The Hall–Kier alpha value is -2.30. The molecule has 0 saturated carbocycles. The largest absolute Gasteiger partial charge is 0.453 e. The van der Waals surface area contributed by atoms with Gasteiger partial charge >= 0.3 is 6.09 Å². The van der Waals surface area contributed by atoms with Crippen LogP contribution in [0.2, 0.25) is 0 Å². The van der Waals surface area contributed by atoms with Crippen molar-refractivity contribution in [2.45, 2.75) is 0 Å². The number of aromatic nitrogens is 2. The molecule has 2 rings (SSSR count). The molecule has 1 amide bonds. The molecule has 1 heterocycles. The molecular formula is C11H11N3O2. The highest BCUT2D eigenvalue weighted by Crippen LogP contribution is 2.13. The van der Waals surface area contributed by atoms with Crippen LogP contribution in [0.25, 0.3) is 5.69 Å².